The fourth-order valence-corrected chi connectivity index (χ4v) is 1.86. The Morgan fingerprint density at radius 1 is 1.10 bits per heavy atom. The lowest BCUT2D eigenvalue weighted by atomic mass is 10.1. The molecule has 5 heteroatoms. The molecule has 0 fully saturated rings. The van der Waals surface area contributed by atoms with E-state index >= 15 is 0 Å². The molecule has 0 saturated heterocycles. The Morgan fingerprint density at radius 2 is 1.90 bits per heavy atom. The van der Waals surface area contributed by atoms with Crippen LogP contribution in [0.2, 0.25) is 0 Å². The van der Waals surface area contributed by atoms with Gasteiger partial charge in [0.1, 0.15) is 11.8 Å². The molecule has 0 N–H and O–H groups in total. The molecule has 21 heavy (non-hydrogen) atoms. The number of nitrogens with zero attached hydrogens (tertiary/aromatic N) is 5. The van der Waals surface area contributed by atoms with E-state index in [4.69, 9.17) is 0 Å². The molecule has 0 aliphatic rings. The molecule has 0 radical (unpaired) electrons. The van der Waals surface area contributed by atoms with E-state index in [9.17, 15) is 5.26 Å². The molecular formula is C16H11N5. The molecule has 0 unspecified atom stereocenters. The van der Waals surface area contributed by atoms with Crippen molar-refractivity contribution in [3.8, 4) is 11.8 Å². The van der Waals surface area contributed by atoms with Crippen molar-refractivity contribution in [3.05, 3.63) is 72.3 Å². The highest BCUT2D eigenvalue weighted by molar-refractivity contribution is 5.87. The second-order valence-electron chi connectivity index (χ2n) is 4.28. The van der Waals surface area contributed by atoms with Crippen molar-refractivity contribution in [3.63, 3.8) is 0 Å². The van der Waals surface area contributed by atoms with Crippen molar-refractivity contribution in [1.29, 1.82) is 5.26 Å². The predicted octanol–water partition coefficient (Wildman–Crippen LogP) is 2.73. The highest BCUT2D eigenvalue weighted by Gasteiger charge is 2.05. The van der Waals surface area contributed by atoms with E-state index in [1.54, 1.807) is 24.5 Å². The van der Waals surface area contributed by atoms with E-state index < -0.39 is 0 Å². The third-order valence-electron chi connectivity index (χ3n) is 2.85. The van der Waals surface area contributed by atoms with Crippen LogP contribution in [0.1, 0.15) is 11.4 Å². The van der Waals surface area contributed by atoms with Gasteiger partial charge in [0.05, 0.1) is 23.2 Å². The van der Waals surface area contributed by atoms with E-state index in [1.807, 2.05) is 42.5 Å². The second kappa shape index (κ2) is 5.80. The minimum absolute atomic E-state index is 0.454. The van der Waals surface area contributed by atoms with Gasteiger partial charge in [0.15, 0.2) is 0 Å². The van der Waals surface area contributed by atoms with Gasteiger partial charge in [-0.1, -0.05) is 24.3 Å². The minimum Gasteiger partial charge on any atom is -0.256 e. The Kier molecular flexibility index (Phi) is 3.52. The lowest BCUT2D eigenvalue weighted by Crippen LogP contribution is -1.97. The van der Waals surface area contributed by atoms with Crippen molar-refractivity contribution >= 4 is 11.6 Å². The molecule has 1 aromatic carbocycles. The number of allylic oxidation sites excluding steroid dienone is 1. The van der Waals surface area contributed by atoms with Crippen molar-refractivity contribution in [1.82, 2.24) is 20.0 Å². The van der Waals surface area contributed by atoms with Gasteiger partial charge in [-0.15, -0.1) is 5.10 Å². The third kappa shape index (κ3) is 2.85. The Labute approximate surface area is 121 Å². The molecule has 0 saturated carbocycles. The van der Waals surface area contributed by atoms with Crippen molar-refractivity contribution in [2.75, 3.05) is 0 Å². The van der Waals surface area contributed by atoms with Crippen LogP contribution in [0, 0.1) is 11.3 Å². The smallest absolute Gasteiger partial charge is 0.107 e. The van der Waals surface area contributed by atoms with Gasteiger partial charge >= 0.3 is 0 Å². The monoisotopic (exact) mass is 273 g/mol. The zero-order valence-electron chi connectivity index (χ0n) is 11.1. The molecule has 0 aliphatic heterocycles. The van der Waals surface area contributed by atoms with Gasteiger partial charge in [-0.3, -0.25) is 4.98 Å². The topological polar surface area (TPSA) is 67.4 Å². The maximum atomic E-state index is 9.25. The number of nitriles is 1. The third-order valence-corrected chi connectivity index (χ3v) is 2.85. The van der Waals surface area contributed by atoms with E-state index in [0.717, 1.165) is 5.69 Å². The Hall–Kier alpha value is -3.26. The summed E-state index contributed by atoms with van der Waals surface area (Å²) in [6.45, 7) is 0. The Bertz CT molecular complexity index is 797. The molecule has 0 spiro atoms. The maximum absolute atomic E-state index is 9.25. The fourth-order valence-electron chi connectivity index (χ4n) is 1.86. The molecule has 100 valence electrons. The van der Waals surface area contributed by atoms with Crippen LogP contribution in [0.5, 0.6) is 0 Å². The molecule has 2 aromatic heterocycles. The number of hydrogen-bond donors (Lipinski definition) is 0. The van der Waals surface area contributed by atoms with Crippen molar-refractivity contribution in [2.24, 2.45) is 0 Å². The molecule has 3 aromatic rings. The molecule has 0 bridgehead atoms. The molecule has 3 rings (SSSR count). The summed E-state index contributed by atoms with van der Waals surface area (Å²) < 4.78 is 0. The van der Waals surface area contributed by atoms with Crippen LogP contribution >= 0.6 is 0 Å². The summed E-state index contributed by atoms with van der Waals surface area (Å²) in [5.74, 6) is 0. The van der Waals surface area contributed by atoms with Crippen LogP contribution in [-0.4, -0.2) is 20.0 Å². The summed E-state index contributed by atoms with van der Waals surface area (Å²) in [7, 11) is 0. The van der Waals surface area contributed by atoms with Crippen LogP contribution in [0.15, 0.2) is 60.9 Å². The number of para-hydroxylation sites is 1. The standard InChI is InChI=1S/C16H11N5/c17-11-13(16-8-4-5-9-18-16)10-14-12-19-21(20-14)15-6-2-1-3-7-15/h1-10,12H. The summed E-state index contributed by atoms with van der Waals surface area (Å²) in [6, 6.07) is 17.2. The first-order valence-corrected chi connectivity index (χ1v) is 6.38. The summed E-state index contributed by atoms with van der Waals surface area (Å²) >= 11 is 0. The largest absolute Gasteiger partial charge is 0.256 e. The first-order chi connectivity index (χ1) is 10.4. The van der Waals surface area contributed by atoms with E-state index in [0.29, 0.717) is 17.0 Å². The van der Waals surface area contributed by atoms with Crippen LogP contribution in [0.3, 0.4) is 0 Å². The predicted molar refractivity (Wildman–Crippen MR) is 79.1 cm³/mol. The van der Waals surface area contributed by atoms with Crippen LogP contribution in [0.25, 0.3) is 17.3 Å². The highest BCUT2D eigenvalue weighted by Crippen LogP contribution is 2.14. The molecule has 5 nitrogen and oxygen atoms in total. The number of rotatable bonds is 3. The van der Waals surface area contributed by atoms with Gasteiger partial charge < -0.3 is 0 Å². The molecule has 0 amide bonds. The summed E-state index contributed by atoms with van der Waals surface area (Å²) in [5, 5.41) is 17.8. The number of benzene rings is 1. The summed E-state index contributed by atoms with van der Waals surface area (Å²) in [5.41, 5.74) is 2.56. The first kappa shape index (κ1) is 12.8. The highest BCUT2D eigenvalue weighted by atomic mass is 15.5. The lowest BCUT2D eigenvalue weighted by Gasteiger charge is -1.97. The zero-order chi connectivity index (χ0) is 14.5. The lowest BCUT2D eigenvalue weighted by molar-refractivity contribution is 0.750. The van der Waals surface area contributed by atoms with Crippen molar-refractivity contribution < 1.29 is 0 Å². The maximum Gasteiger partial charge on any atom is 0.107 e. The van der Waals surface area contributed by atoms with Gasteiger partial charge in [0.25, 0.3) is 0 Å². The first-order valence-electron chi connectivity index (χ1n) is 6.38. The van der Waals surface area contributed by atoms with Gasteiger partial charge in [-0.05, 0) is 30.3 Å². The van der Waals surface area contributed by atoms with Crippen molar-refractivity contribution in [2.45, 2.75) is 0 Å². The van der Waals surface area contributed by atoms with Crippen LogP contribution in [-0.2, 0) is 0 Å². The van der Waals surface area contributed by atoms with Crippen LogP contribution in [0.4, 0.5) is 0 Å². The van der Waals surface area contributed by atoms with Crippen LogP contribution < -0.4 is 0 Å². The normalized spacial score (nSPS) is 11.1. The van der Waals surface area contributed by atoms with E-state index in [2.05, 4.69) is 21.3 Å². The van der Waals surface area contributed by atoms with E-state index in [1.165, 1.54) is 4.80 Å². The molecule has 0 atom stereocenters. The Morgan fingerprint density at radius 3 is 2.62 bits per heavy atom. The van der Waals surface area contributed by atoms with Gasteiger partial charge in [-0.2, -0.15) is 15.2 Å². The zero-order valence-corrected chi connectivity index (χ0v) is 11.1. The Balaban J connectivity index is 1.93. The summed E-state index contributed by atoms with van der Waals surface area (Å²) in [6.07, 6.45) is 4.95. The molecule has 2 heterocycles. The van der Waals surface area contributed by atoms with E-state index in [-0.39, 0.29) is 0 Å². The summed E-state index contributed by atoms with van der Waals surface area (Å²) in [4.78, 5) is 5.69. The average molecular weight is 273 g/mol. The second-order valence-corrected chi connectivity index (χ2v) is 4.28. The molecule has 0 aliphatic carbocycles. The van der Waals surface area contributed by atoms with Gasteiger partial charge in [-0.25, -0.2) is 0 Å². The fraction of sp³-hybridized carbons (Fsp3) is 0. The van der Waals surface area contributed by atoms with Gasteiger partial charge in [0, 0.05) is 6.20 Å². The number of aromatic nitrogens is 4. The molecular weight excluding hydrogens is 262 g/mol. The minimum atomic E-state index is 0.454. The SMILES string of the molecule is N#CC(=Cc1cnn(-c2ccccc2)n1)c1ccccn1. The quantitative estimate of drug-likeness (QED) is 0.688. The van der Waals surface area contributed by atoms with Gasteiger partial charge in [0.2, 0.25) is 0 Å². The number of pyridine rings is 1. The average Bonchev–Trinajstić information content (AvgIpc) is 3.03. The number of hydrogen-bond acceptors (Lipinski definition) is 4.